The Balaban J connectivity index is 2.40. The van der Waals surface area contributed by atoms with Crippen molar-refractivity contribution in [3.63, 3.8) is 0 Å². The molecule has 0 saturated heterocycles. The van der Waals surface area contributed by atoms with Crippen LogP contribution in [0.1, 0.15) is 32.4 Å². The predicted molar refractivity (Wildman–Crippen MR) is 84.4 cm³/mol. The van der Waals surface area contributed by atoms with Crippen LogP contribution in [0.4, 0.5) is 0 Å². The molecule has 0 fully saturated rings. The molecule has 0 aliphatic carbocycles. The highest BCUT2D eigenvalue weighted by atomic mass is 32.2. The van der Waals surface area contributed by atoms with Crippen molar-refractivity contribution in [2.75, 3.05) is 5.75 Å². The van der Waals surface area contributed by atoms with Gasteiger partial charge in [-0.15, -0.1) is 0 Å². The monoisotopic (exact) mass is 291 g/mol. The largest absolute Gasteiger partial charge is 0.323 e. The van der Waals surface area contributed by atoms with Crippen molar-refractivity contribution in [1.82, 2.24) is 0 Å². The van der Waals surface area contributed by atoms with Gasteiger partial charge in [0, 0.05) is 6.04 Å². The first kappa shape index (κ1) is 15.0. The van der Waals surface area contributed by atoms with Gasteiger partial charge < -0.3 is 5.73 Å². The minimum atomic E-state index is -3.24. The lowest BCUT2D eigenvalue weighted by Gasteiger charge is -2.22. The van der Waals surface area contributed by atoms with Crippen molar-refractivity contribution in [3.05, 3.63) is 48.0 Å². The number of fused-ring (bicyclic) bond motifs is 1. The van der Waals surface area contributed by atoms with Crippen LogP contribution in [-0.2, 0) is 9.84 Å². The van der Waals surface area contributed by atoms with E-state index < -0.39 is 20.6 Å². The zero-order valence-electron chi connectivity index (χ0n) is 12.1. The third kappa shape index (κ3) is 2.86. The molecule has 0 aliphatic rings. The Hall–Kier alpha value is -1.39. The van der Waals surface area contributed by atoms with Crippen molar-refractivity contribution in [2.24, 2.45) is 5.73 Å². The van der Waals surface area contributed by atoms with Gasteiger partial charge in [0.25, 0.3) is 0 Å². The van der Waals surface area contributed by atoms with E-state index in [0.717, 1.165) is 16.3 Å². The summed E-state index contributed by atoms with van der Waals surface area (Å²) >= 11 is 0. The van der Waals surface area contributed by atoms with Crippen LogP contribution in [0.2, 0.25) is 0 Å². The lowest BCUT2D eigenvalue weighted by atomic mass is 10.0. The highest BCUT2D eigenvalue weighted by Gasteiger charge is 2.31. The summed E-state index contributed by atoms with van der Waals surface area (Å²) in [6.07, 6.45) is 0. The molecule has 0 aliphatic heterocycles. The summed E-state index contributed by atoms with van der Waals surface area (Å²) in [5.41, 5.74) is 7.05. The molecule has 0 bridgehead atoms. The van der Waals surface area contributed by atoms with E-state index in [4.69, 9.17) is 5.73 Å². The first-order valence-corrected chi connectivity index (χ1v) is 8.33. The molecule has 0 aromatic heterocycles. The van der Waals surface area contributed by atoms with Crippen molar-refractivity contribution in [3.8, 4) is 0 Å². The summed E-state index contributed by atoms with van der Waals surface area (Å²) in [7, 11) is -3.24. The van der Waals surface area contributed by atoms with E-state index in [1.165, 1.54) is 0 Å². The van der Waals surface area contributed by atoms with Gasteiger partial charge in [-0.2, -0.15) is 0 Å². The zero-order valence-corrected chi connectivity index (χ0v) is 12.9. The van der Waals surface area contributed by atoms with Gasteiger partial charge in [0.15, 0.2) is 9.84 Å². The fraction of sp³-hybridized carbons (Fsp3) is 0.375. The Labute approximate surface area is 120 Å². The molecule has 0 spiro atoms. The van der Waals surface area contributed by atoms with Crippen LogP contribution in [0.15, 0.2) is 42.5 Å². The van der Waals surface area contributed by atoms with Gasteiger partial charge >= 0.3 is 0 Å². The normalized spacial score (nSPS) is 14.4. The van der Waals surface area contributed by atoms with E-state index >= 15 is 0 Å². The number of sulfone groups is 1. The molecule has 2 aromatic rings. The maximum atomic E-state index is 12.3. The standard InChI is InChI=1S/C16H21NO2S/c1-16(2,3)20(18,19)11-15(17)14-10-6-8-12-7-4-5-9-13(12)14/h4-10,15H,11,17H2,1-3H3. The molecule has 0 radical (unpaired) electrons. The lowest BCUT2D eigenvalue weighted by Crippen LogP contribution is -2.34. The molecule has 0 amide bonds. The molecule has 2 rings (SSSR count). The smallest absolute Gasteiger partial charge is 0.157 e. The van der Waals surface area contributed by atoms with Gasteiger partial charge in [0.2, 0.25) is 0 Å². The average molecular weight is 291 g/mol. The molecule has 1 atom stereocenters. The fourth-order valence-electron chi connectivity index (χ4n) is 2.15. The molecular weight excluding hydrogens is 270 g/mol. The van der Waals surface area contributed by atoms with Crippen molar-refractivity contribution in [1.29, 1.82) is 0 Å². The van der Waals surface area contributed by atoms with Crippen LogP contribution in [0.5, 0.6) is 0 Å². The van der Waals surface area contributed by atoms with Gasteiger partial charge in [-0.3, -0.25) is 0 Å². The topological polar surface area (TPSA) is 60.2 Å². The number of hydrogen-bond acceptors (Lipinski definition) is 3. The SMILES string of the molecule is CC(C)(C)S(=O)(=O)CC(N)c1cccc2ccccc12. The van der Waals surface area contributed by atoms with E-state index in [2.05, 4.69) is 0 Å². The summed E-state index contributed by atoms with van der Waals surface area (Å²) in [6.45, 7) is 5.12. The van der Waals surface area contributed by atoms with Crippen LogP contribution in [0.25, 0.3) is 10.8 Å². The maximum Gasteiger partial charge on any atom is 0.157 e. The quantitative estimate of drug-likeness (QED) is 0.945. The molecule has 2 aromatic carbocycles. The number of rotatable bonds is 3. The molecule has 0 heterocycles. The first-order valence-electron chi connectivity index (χ1n) is 6.68. The number of benzene rings is 2. The van der Waals surface area contributed by atoms with Crippen LogP contribution >= 0.6 is 0 Å². The number of hydrogen-bond donors (Lipinski definition) is 1. The van der Waals surface area contributed by atoms with Gasteiger partial charge in [0.1, 0.15) is 0 Å². The van der Waals surface area contributed by atoms with Crippen LogP contribution in [0.3, 0.4) is 0 Å². The Bertz CT molecular complexity index is 709. The Morgan fingerprint density at radius 1 is 1.05 bits per heavy atom. The molecule has 108 valence electrons. The summed E-state index contributed by atoms with van der Waals surface area (Å²) < 4.78 is 23.8. The minimum Gasteiger partial charge on any atom is -0.323 e. The zero-order chi connectivity index (χ0) is 15.0. The van der Waals surface area contributed by atoms with Crippen LogP contribution in [0, 0.1) is 0 Å². The summed E-state index contributed by atoms with van der Waals surface area (Å²) in [6, 6.07) is 13.2. The fourth-order valence-corrected chi connectivity index (χ4v) is 3.30. The van der Waals surface area contributed by atoms with Gasteiger partial charge in [-0.05, 0) is 37.1 Å². The third-order valence-corrected chi connectivity index (χ3v) is 6.22. The first-order chi connectivity index (χ1) is 9.22. The predicted octanol–water partition coefficient (Wildman–Crippen LogP) is 3.05. The van der Waals surface area contributed by atoms with E-state index in [9.17, 15) is 8.42 Å². The molecule has 2 N–H and O–H groups in total. The molecular formula is C16H21NO2S. The molecule has 20 heavy (non-hydrogen) atoms. The maximum absolute atomic E-state index is 12.3. The highest BCUT2D eigenvalue weighted by molar-refractivity contribution is 7.92. The van der Waals surface area contributed by atoms with Gasteiger partial charge in [-0.1, -0.05) is 42.5 Å². The van der Waals surface area contributed by atoms with E-state index in [0.29, 0.717) is 0 Å². The summed E-state index contributed by atoms with van der Waals surface area (Å²) in [4.78, 5) is 0. The Morgan fingerprint density at radius 2 is 1.65 bits per heavy atom. The minimum absolute atomic E-state index is 0.0372. The van der Waals surface area contributed by atoms with Gasteiger partial charge in [0.05, 0.1) is 10.5 Å². The Morgan fingerprint density at radius 3 is 2.30 bits per heavy atom. The highest BCUT2D eigenvalue weighted by Crippen LogP contribution is 2.26. The Kier molecular flexibility index (Phi) is 3.89. The van der Waals surface area contributed by atoms with E-state index in [1.54, 1.807) is 20.8 Å². The van der Waals surface area contributed by atoms with Crippen molar-refractivity contribution < 1.29 is 8.42 Å². The second-order valence-corrected chi connectivity index (χ2v) is 8.86. The van der Waals surface area contributed by atoms with Crippen molar-refractivity contribution >= 4 is 20.6 Å². The molecule has 1 unspecified atom stereocenters. The van der Waals surface area contributed by atoms with E-state index in [-0.39, 0.29) is 5.75 Å². The lowest BCUT2D eigenvalue weighted by molar-refractivity contribution is 0.553. The summed E-state index contributed by atoms with van der Waals surface area (Å²) in [5, 5.41) is 2.10. The van der Waals surface area contributed by atoms with Crippen LogP contribution in [-0.4, -0.2) is 18.9 Å². The molecule has 3 nitrogen and oxygen atoms in total. The molecule has 0 saturated carbocycles. The summed E-state index contributed by atoms with van der Waals surface area (Å²) in [5.74, 6) is -0.0372. The number of nitrogens with two attached hydrogens (primary N) is 1. The van der Waals surface area contributed by atoms with Gasteiger partial charge in [-0.25, -0.2) is 8.42 Å². The molecule has 4 heteroatoms. The van der Waals surface area contributed by atoms with Crippen molar-refractivity contribution in [2.45, 2.75) is 31.6 Å². The second kappa shape index (κ2) is 5.19. The van der Waals surface area contributed by atoms with Crippen LogP contribution < -0.4 is 5.73 Å². The average Bonchev–Trinajstić information content (AvgIpc) is 2.36. The second-order valence-electron chi connectivity index (χ2n) is 6.07. The third-order valence-electron chi connectivity index (χ3n) is 3.55. The van der Waals surface area contributed by atoms with E-state index in [1.807, 2.05) is 42.5 Å².